The first-order valence-electron chi connectivity index (χ1n) is 9.23. The van der Waals surface area contributed by atoms with Crippen molar-refractivity contribution < 1.29 is 22.9 Å². The van der Waals surface area contributed by atoms with E-state index in [0.29, 0.717) is 5.69 Å². The number of benzene rings is 2. The van der Waals surface area contributed by atoms with Gasteiger partial charge in [-0.15, -0.1) is 0 Å². The molecule has 0 saturated carbocycles. The molecule has 1 aliphatic rings. The fraction of sp³-hybridized carbons (Fsp3) is 0.286. The number of hydrogen-bond acceptors (Lipinski definition) is 4. The van der Waals surface area contributed by atoms with Crippen molar-refractivity contribution in [3.8, 4) is 11.8 Å². The fourth-order valence-electron chi connectivity index (χ4n) is 3.19. The van der Waals surface area contributed by atoms with Crippen LogP contribution in [0.5, 0.6) is 0 Å². The van der Waals surface area contributed by atoms with Crippen LogP contribution in [0.3, 0.4) is 0 Å². The molecule has 0 unspecified atom stereocenters. The van der Waals surface area contributed by atoms with Gasteiger partial charge < -0.3 is 10.2 Å². The van der Waals surface area contributed by atoms with Gasteiger partial charge in [0.25, 0.3) is 11.6 Å². The molecule has 0 aliphatic carbocycles. The first-order chi connectivity index (χ1) is 14.3. The largest absolute Gasteiger partial charge is 0.416 e. The number of anilines is 1. The zero-order valence-electron chi connectivity index (χ0n) is 15.8. The minimum absolute atomic E-state index is 0.114. The van der Waals surface area contributed by atoms with E-state index >= 15 is 0 Å². The van der Waals surface area contributed by atoms with Crippen molar-refractivity contribution >= 4 is 17.3 Å². The number of nitrogens with one attached hydrogen (secondary N) is 1. The number of halogens is 3. The summed E-state index contributed by atoms with van der Waals surface area (Å²) in [5.41, 5.74) is -0.0380. The van der Waals surface area contributed by atoms with E-state index < -0.39 is 22.6 Å². The van der Waals surface area contributed by atoms with Crippen LogP contribution < -0.4 is 10.2 Å². The molecule has 1 amide bonds. The normalized spacial score (nSPS) is 13.5. The minimum atomic E-state index is -4.46. The Morgan fingerprint density at radius 1 is 1.17 bits per heavy atom. The van der Waals surface area contributed by atoms with Crippen LogP contribution in [0.15, 0.2) is 42.5 Å². The van der Waals surface area contributed by atoms with E-state index in [-0.39, 0.29) is 23.4 Å². The lowest BCUT2D eigenvalue weighted by molar-refractivity contribution is -0.384. The van der Waals surface area contributed by atoms with Crippen molar-refractivity contribution in [3.63, 3.8) is 0 Å². The Balaban J connectivity index is 1.73. The monoisotopic (exact) mass is 417 g/mol. The zero-order valence-corrected chi connectivity index (χ0v) is 15.8. The number of nitro groups is 1. The maximum absolute atomic E-state index is 12.7. The predicted molar refractivity (Wildman–Crippen MR) is 105 cm³/mol. The molecule has 2 aromatic carbocycles. The van der Waals surface area contributed by atoms with Crippen LogP contribution in [0.1, 0.15) is 34.3 Å². The average Bonchev–Trinajstić information content (AvgIpc) is 3.25. The van der Waals surface area contributed by atoms with Crippen molar-refractivity contribution in [3.05, 3.63) is 69.3 Å². The Morgan fingerprint density at radius 3 is 2.57 bits per heavy atom. The van der Waals surface area contributed by atoms with Gasteiger partial charge in [-0.05, 0) is 37.1 Å². The summed E-state index contributed by atoms with van der Waals surface area (Å²) in [4.78, 5) is 25.1. The molecule has 0 aromatic heterocycles. The Bertz CT molecular complexity index is 1020. The van der Waals surface area contributed by atoms with Crippen LogP contribution in [-0.2, 0) is 6.18 Å². The predicted octanol–water partition coefficient (Wildman–Crippen LogP) is 4.00. The molecule has 1 heterocycles. The summed E-state index contributed by atoms with van der Waals surface area (Å²) < 4.78 is 38.2. The summed E-state index contributed by atoms with van der Waals surface area (Å²) in [5, 5.41) is 13.6. The number of nitrogens with zero attached hydrogens (tertiary/aromatic N) is 2. The lowest BCUT2D eigenvalue weighted by Gasteiger charge is -2.20. The molecule has 3 rings (SSSR count). The van der Waals surface area contributed by atoms with E-state index in [1.54, 1.807) is 6.07 Å². The van der Waals surface area contributed by atoms with Crippen LogP contribution >= 0.6 is 0 Å². The van der Waals surface area contributed by atoms with Crippen LogP contribution in [0.2, 0.25) is 0 Å². The molecule has 0 atom stereocenters. The van der Waals surface area contributed by atoms with Crippen molar-refractivity contribution in [2.45, 2.75) is 19.0 Å². The van der Waals surface area contributed by atoms with Gasteiger partial charge in [0.2, 0.25) is 0 Å². The second kappa shape index (κ2) is 8.86. The Kier molecular flexibility index (Phi) is 6.26. The minimum Gasteiger partial charge on any atom is -0.371 e. The summed E-state index contributed by atoms with van der Waals surface area (Å²) in [6, 6.07) is 8.73. The molecule has 0 spiro atoms. The number of hydrogen-bond donors (Lipinski definition) is 1. The summed E-state index contributed by atoms with van der Waals surface area (Å²) in [7, 11) is 0. The van der Waals surface area contributed by atoms with Gasteiger partial charge in [-0.3, -0.25) is 14.9 Å². The quantitative estimate of drug-likeness (QED) is 0.464. The number of alkyl halides is 3. The Morgan fingerprint density at radius 2 is 1.90 bits per heavy atom. The summed E-state index contributed by atoms with van der Waals surface area (Å²) in [6.45, 7) is 1.40. The average molecular weight is 417 g/mol. The molecule has 1 fully saturated rings. The summed E-state index contributed by atoms with van der Waals surface area (Å²) in [6.07, 6.45) is -2.51. The van der Waals surface area contributed by atoms with E-state index in [9.17, 15) is 28.1 Å². The summed E-state index contributed by atoms with van der Waals surface area (Å²) >= 11 is 0. The van der Waals surface area contributed by atoms with E-state index in [2.05, 4.69) is 17.2 Å². The highest BCUT2D eigenvalue weighted by molar-refractivity contribution is 6.00. The molecule has 1 aliphatic heterocycles. The number of amides is 1. The molecular weight excluding hydrogens is 399 g/mol. The second-order valence-corrected chi connectivity index (χ2v) is 6.72. The SMILES string of the molecule is O=C(NCC#Cc1cccc(C(F)(F)F)c1)c1cc([N+](=O)[O-])ccc1N1CCCC1. The van der Waals surface area contributed by atoms with Crippen LogP contribution in [0.25, 0.3) is 0 Å². The van der Waals surface area contributed by atoms with Crippen LogP contribution in [0, 0.1) is 22.0 Å². The topological polar surface area (TPSA) is 75.5 Å². The number of nitro benzene ring substituents is 1. The van der Waals surface area contributed by atoms with Gasteiger partial charge in [-0.25, -0.2) is 0 Å². The Labute approximate surface area is 170 Å². The maximum Gasteiger partial charge on any atom is 0.416 e. The van der Waals surface area contributed by atoms with Gasteiger partial charge in [0.1, 0.15) is 0 Å². The van der Waals surface area contributed by atoms with Crippen LogP contribution in [-0.4, -0.2) is 30.5 Å². The molecule has 30 heavy (non-hydrogen) atoms. The Hall–Kier alpha value is -3.54. The third-order valence-electron chi connectivity index (χ3n) is 4.64. The van der Waals surface area contributed by atoms with Gasteiger partial charge in [0.15, 0.2) is 0 Å². The number of carbonyl (C=O) groups is 1. The lowest BCUT2D eigenvalue weighted by Crippen LogP contribution is -2.27. The van der Waals surface area contributed by atoms with Gasteiger partial charge in [-0.2, -0.15) is 13.2 Å². The van der Waals surface area contributed by atoms with Gasteiger partial charge in [0, 0.05) is 30.8 Å². The standard InChI is InChI=1S/C21H18F3N3O3/c22-21(23,24)16-7-3-5-15(13-16)6-4-10-25-20(28)18-14-17(27(29)30)8-9-19(18)26-11-1-2-12-26/h3,5,7-9,13-14H,1-2,10-12H2,(H,25,28). The molecule has 6 nitrogen and oxygen atoms in total. The van der Waals surface area contributed by atoms with Crippen molar-refractivity contribution in [1.82, 2.24) is 5.32 Å². The van der Waals surface area contributed by atoms with Gasteiger partial charge >= 0.3 is 6.18 Å². The molecule has 1 saturated heterocycles. The number of carbonyl (C=O) groups excluding carboxylic acids is 1. The smallest absolute Gasteiger partial charge is 0.371 e. The zero-order chi connectivity index (χ0) is 21.7. The highest BCUT2D eigenvalue weighted by Crippen LogP contribution is 2.30. The first kappa shape index (κ1) is 21.2. The van der Waals surface area contributed by atoms with E-state index in [0.717, 1.165) is 38.1 Å². The number of rotatable bonds is 4. The van der Waals surface area contributed by atoms with Crippen molar-refractivity contribution in [2.75, 3.05) is 24.5 Å². The molecule has 1 N–H and O–H groups in total. The fourth-order valence-corrected chi connectivity index (χ4v) is 3.19. The maximum atomic E-state index is 12.7. The van der Waals surface area contributed by atoms with E-state index in [1.165, 1.54) is 24.3 Å². The third-order valence-corrected chi connectivity index (χ3v) is 4.64. The third kappa shape index (κ3) is 5.08. The number of non-ortho nitro benzene ring substituents is 1. The molecule has 2 aromatic rings. The molecule has 156 valence electrons. The molecular formula is C21H18F3N3O3. The van der Waals surface area contributed by atoms with Gasteiger partial charge in [-0.1, -0.05) is 17.9 Å². The second-order valence-electron chi connectivity index (χ2n) is 6.72. The molecule has 0 radical (unpaired) electrons. The van der Waals surface area contributed by atoms with Crippen molar-refractivity contribution in [1.29, 1.82) is 0 Å². The summed E-state index contributed by atoms with van der Waals surface area (Å²) in [5.74, 6) is 4.66. The van der Waals surface area contributed by atoms with Gasteiger partial charge in [0.05, 0.1) is 28.3 Å². The molecule has 0 bridgehead atoms. The first-order valence-corrected chi connectivity index (χ1v) is 9.23. The van der Waals surface area contributed by atoms with E-state index in [1.807, 2.05) is 4.90 Å². The van der Waals surface area contributed by atoms with Crippen molar-refractivity contribution in [2.24, 2.45) is 0 Å². The van der Waals surface area contributed by atoms with Crippen LogP contribution in [0.4, 0.5) is 24.5 Å². The highest BCUT2D eigenvalue weighted by atomic mass is 19.4. The van der Waals surface area contributed by atoms with E-state index in [4.69, 9.17) is 0 Å². The highest BCUT2D eigenvalue weighted by Gasteiger charge is 2.30. The molecule has 9 heteroatoms. The lowest BCUT2D eigenvalue weighted by atomic mass is 10.1.